The van der Waals surface area contributed by atoms with E-state index < -0.39 is 17.9 Å². The van der Waals surface area contributed by atoms with Crippen LogP contribution in [-0.4, -0.2) is 26.2 Å². The highest BCUT2D eigenvalue weighted by Crippen LogP contribution is 2.11. The van der Waals surface area contributed by atoms with E-state index in [1.54, 1.807) is 0 Å². The van der Waals surface area contributed by atoms with Crippen LogP contribution in [0.15, 0.2) is 30.3 Å². The van der Waals surface area contributed by atoms with Crippen molar-refractivity contribution < 1.29 is 19.1 Å². The number of hydrogen-bond acceptors (Lipinski definition) is 4. The van der Waals surface area contributed by atoms with Crippen LogP contribution in [0.1, 0.15) is 5.56 Å². The fraction of sp³-hybridized carbons (Fsp3) is 0.333. The number of esters is 2. The molecule has 0 aliphatic carbocycles. The van der Waals surface area contributed by atoms with Gasteiger partial charge in [-0.1, -0.05) is 30.3 Å². The molecule has 0 saturated carbocycles. The Balaban J connectivity index is 2.79. The Morgan fingerprint density at radius 2 is 1.56 bits per heavy atom. The highest BCUT2D eigenvalue weighted by molar-refractivity contribution is 5.95. The lowest BCUT2D eigenvalue weighted by molar-refractivity contribution is -0.158. The molecule has 0 heterocycles. The summed E-state index contributed by atoms with van der Waals surface area (Å²) >= 11 is 0. The molecule has 16 heavy (non-hydrogen) atoms. The smallest absolute Gasteiger partial charge is 0.320 e. The zero-order valence-electron chi connectivity index (χ0n) is 9.30. The first kappa shape index (κ1) is 12.2. The Morgan fingerprint density at radius 3 is 2.00 bits per heavy atom. The van der Waals surface area contributed by atoms with Crippen LogP contribution in [0, 0.1) is 5.92 Å². The molecule has 0 aliphatic heterocycles. The topological polar surface area (TPSA) is 52.6 Å². The second-order valence-electron chi connectivity index (χ2n) is 3.29. The molecule has 0 N–H and O–H groups in total. The standard InChI is InChI=1S/C12H14O4/c1-15-11(13)10(12(14)16-2)8-9-6-4-3-5-7-9/h3-7,10H,8H2,1-2H3. The molecule has 0 aromatic heterocycles. The van der Waals surface area contributed by atoms with Crippen molar-refractivity contribution in [2.24, 2.45) is 5.92 Å². The molecule has 0 atom stereocenters. The van der Waals surface area contributed by atoms with Crippen molar-refractivity contribution in [2.45, 2.75) is 6.42 Å². The van der Waals surface area contributed by atoms with Gasteiger partial charge in [0.1, 0.15) is 0 Å². The van der Waals surface area contributed by atoms with Gasteiger partial charge in [-0.05, 0) is 12.0 Å². The maximum absolute atomic E-state index is 11.4. The molecule has 0 spiro atoms. The molecule has 0 bridgehead atoms. The van der Waals surface area contributed by atoms with E-state index >= 15 is 0 Å². The Bertz CT molecular complexity index is 343. The van der Waals surface area contributed by atoms with E-state index in [0.717, 1.165) is 5.56 Å². The third-order valence-corrected chi connectivity index (χ3v) is 2.25. The van der Waals surface area contributed by atoms with Gasteiger partial charge in [-0.25, -0.2) is 0 Å². The molecule has 4 nitrogen and oxygen atoms in total. The zero-order valence-corrected chi connectivity index (χ0v) is 9.30. The molecule has 1 aromatic rings. The van der Waals surface area contributed by atoms with Crippen molar-refractivity contribution in [1.29, 1.82) is 0 Å². The third-order valence-electron chi connectivity index (χ3n) is 2.25. The lowest BCUT2D eigenvalue weighted by atomic mass is 10.00. The average molecular weight is 222 g/mol. The van der Waals surface area contributed by atoms with E-state index in [9.17, 15) is 9.59 Å². The van der Waals surface area contributed by atoms with Crippen molar-refractivity contribution >= 4 is 11.9 Å². The van der Waals surface area contributed by atoms with Gasteiger partial charge in [0.15, 0.2) is 5.92 Å². The lowest BCUT2D eigenvalue weighted by Gasteiger charge is -2.12. The van der Waals surface area contributed by atoms with Crippen LogP contribution < -0.4 is 0 Å². The maximum Gasteiger partial charge on any atom is 0.320 e. The predicted octanol–water partition coefficient (Wildman–Crippen LogP) is 1.19. The number of carbonyl (C=O) groups excluding carboxylic acids is 2. The van der Waals surface area contributed by atoms with Gasteiger partial charge in [-0.15, -0.1) is 0 Å². The summed E-state index contributed by atoms with van der Waals surface area (Å²) in [5.74, 6) is -2.04. The normalized spacial score (nSPS) is 9.94. The monoisotopic (exact) mass is 222 g/mol. The third kappa shape index (κ3) is 3.08. The van der Waals surface area contributed by atoms with E-state index in [1.165, 1.54) is 14.2 Å². The van der Waals surface area contributed by atoms with Crippen LogP contribution in [-0.2, 0) is 25.5 Å². The van der Waals surface area contributed by atoms with E-state index in [4.69, 9.17) is 0 Å². The van der Waals surface area contributed by atoms with Gasteiger partial charge in [0.05, 0.1) is 14.2 Å². The number of carbonyl (C=O) groups is 2. The second-order valence-corrected chi connectivity index (χ2v) is 3.29. The first-order valence-corrected chi connectivity index (χ1v) is 4.88. The molecule has 0 fully saturated rings. The SMILES string of the molecule is COC(=O)C(Cc1ccccc1)C(=O)OC. The summed E-state index contributed by atoms with van der Waals surface area (Å²) in [5, 5.41) is 0. The lowest BCUT2D eigenvalue weighted by Crippen LogP contribution is -2.28. The maximum atomic E-state index is 11.4. The highest BCUT2D eigenvalue weighted by atomic mass is 16.5. The van der Waals surface area contributed by atoms with E-state index in [-0.39, 0.29) is 0 Å². The van der Waals surface area contributed by atoms with Crippen LogP contribution in [0.4, 0.5) is 0 Å². The van der Waals surface area contributed by atoms with Crippen LogP contribution in [0.25, 0.3) is 0 Å². The first-order chi connectivity index (χ1) is 7.69. The van der Waals surface area contributed by atoms with Gasteiger partial charge in [-0.3, -0.25) is 9.59 Å². The minimum Gasteiger partial charge on any atom is -0.468 e. The predicted molar refractivity (Wildman–Crippen MR) is 57.7 cm³/mol. The molecule has 1 rings (SSSR count). The molecule has 4 heteroatoms. The summed E-state index contributed by atoms with van der Waals surface area (Å²) in [6.45, 7) is 0. The van der Waals surface area contributed by atoms with Crippen molar-refractivity contribution in [3.05, 3.63) is 35.9 Å². The zero-order chi connectivity index (χ0) is 12.0. The summed E-state index contributed by atoms with van der Waals surface area (Å²) in [6, 6.07) is 9.26. The quantitative estimate of drug-likeness (QED) is 0.567. The number of ether oxygens (including phenoxy) is 2. The summed E-state index contributed by atoms with van der Waals surface area (Å²) in [7, 11) is 2.51. The van der Waals surface area contributed by atoms with Gasteiger partial charge < -0.3 is 9.47 Å². The molecule has 0 saturated heterocycles. The Labute approximate surface area is 94.2 Å². The van der Waals surface area contributed by atoms with Crippen LogP contribution in [0.5, 0.6) is 0 Å². The van der Waals surface area contributed by atoms with Crippen molar-refractivity contribution in [3.8, 4) is 0 Å². The van der Waals surface area contributed by atoms with Gasteiger partial charge >= 0.3 is 11.9 Å². The Morgan fingerprint density at radius 1 is 1.06 bits per heavy atom. The summed E-state index contributed by atoms with van der Waals surface area (Å²) in [4.78, 5) is 22.8. The number of benzene rings is 1. The van der Waals surface area contributed by atoms with Gasteiger partial charge in [0, 0.05) is 0 Å². The largest absolute Gasteiger partial charge is 0.468 e. The van der Waals surface area contributed by atoms with Crippen LogP contribution >= 0.6 is 0 Å². The van der Waals surface area contributed by atoms with E-state index in [0.29, 0.717) is 6.42 Å². The van der Waals surface area contributed by atoms with Crippen molar-refractivity contribution in [1.82, 2.24) is 0 Å². The number of hydrogen-bond donors (Lipinski definition) is 0. The summed E-state index contributed by atoms with van der Waals surface area (Å²) in [6.07, 6.45) is 0.292. The molecule has 0 radical (unpaired) electrons. The minimum absolute atomic E-state index is 0.292. The molecular weight excluding hydrogens is 208 g/mol. The molecule has 86 valence electrons. The van der Waals surface area contributed by atoms with Gasteiger partial charge in [-0.2, -0.15) is 0 Å². The Hall–Kier alpha value is -1.84. The highest BCUT2D eigenvalue weighted by Gasteiger charge is 2.28. The number of methoxy groups -OCH3 is 2. The van der Waals surface area contributed by atoms with E-state index in [2.05, 4.69) is 9.47 Å². The molecule has 0 unspecified atom stereocenters. The summed E-state index contributed by atoms with van der Waals surface area (Å²) < 4.78 is 9.14. The second kappa shape index (κ2) is 5.90. The molecule has 1 aromatic carbocycles. The van der Waals surface area contributed by atoms with Gasteiger partial charge in [0.25, 0.3) is 0 Å². The fourth-order valence-electron chi connectivity index (χ4n) is 1.40. The van der Waals surface area contributed by atoms with Gasteiger partial charge in [0.2, 0.25) is 0 Å². The minimum atomic E-state index is -0.891. The molecule has 0 aliphatic rings. The fourth-order valence-corrected chi connectivity index (χ4v) is 1.40. The molecular formula is C12H14O4. The first-order valence-electron chi connectivity index (χ1n) is 4.88. The summed E-state index contributed by atoms with van der Waals surface area (Å²) in [5.41, 5.74) is 0.892. The van der Waals surface area contributed by atoms with Crippen LogP contribution in [0.2, 0.25) is 0 Å². The van der Waals surface area contributed by atoms with Crippen molar-refractivity contribution in [3.63, 3.8) is 0 Å². The van der Waals surface area contributed by atoms with Crippen LogP contribution in [0.3, 0.4) is 0 Å². The number of rotatable bonds is 4. The molecule has 0 amide bonds. The average Bonchev–Trinajstić information content (AvgIpc) is 2.35. The van der Waals surface area contributed by atoms with Crippen molar-refractivity contribution in [2.75, 3.05) is 14.2 Å². The van der Waals surface area contributed by atoms with E-state index in [1.807, 2.05) is 30.3 Å². The Kier molecular flexibility index (Phi) is 4.51.